The molecular formula is C21H29N5O3. The Balaban J connectivity index is 1.26. The van der Waals surface area contributed by atoms with E-state index in [1.807, 2.05) is 4.68 Å². The third-order valence-electron chi connectivity index (χ3n) is 6.05. The zero-order valence-electron chi connectivity index (χ0n) is 16.6. The molecule has 2 fully saturated rings. The van der Waals surface area contributed by atoms with Gasteiger partial charge < -0.3 is 15.2 Å². The van der Waals surface area contributed by atoms with E-state index in [1.54, 1.807) is 18.3 Å². The quantitative estimate of drug-likeness (QED) is 0.739. The van der Waals surface area contributed by atoms with Gasteiger partial charge in [0.2, 0.25) is 0 Å². The van der Waals surface area contributed by atoms with Crippen molar-refractivity contribution in [3.8, 4) is 0 Å². The number of rotatable bonds is 7. The first-order chi connectivity index (χ1) is 14.2. The van der Waals surface area contributed by atoms with Crippen LogP contribution >= 0.6 is 0 Å². The molecule has 0 unspecified atom stereocenters. The number of carbonyl (C=O) groups is 1. The first-order valence-corrected chi connectivity index (χ1v) is 10.6. The molecule has 3 atom stereocenters. The number of carbonyl (C=O) groups excluding carboxylic acids is 1. The molecule has 29 heavy (non-hydrogen) atoms. The third-order valence-corrected chi connectivity index (χ3v) is 6.05. The van der Waals surface area contributed by atoms with Gasteiger partial charge in [0.15, 0.2) is 0 Å². The Morgan fingerprint density at radius 3 is 2.90 bits per heavy atom. The fraction of sp³-hybridized carbons (Fsp3) is 0.619. The maximum atomic E-state index is 12.4. The number of aliphatic hydroxyl groups is 1. The Labute approximate surface area is 170 Å². The minimum absolute atomic E-state index is 0.0397. The van der Waals surface area contributed by atoms with Crippen molar-refractivity contribution in [1.82, 2.24) is 25.3 Å². The average Bonchev–Trinajstić information content (AvgIpc) is 3.45. The van der Waals surface area contributed by atoms with Crippen molar-refractivity contribution in [3.63, 3.8) is 0 Å². The van der Waals surface area contributed by atoms with E-state index >= 15 is 0 Å². The number of aromatic nitrogens is 4. The normalized spacial score (nSPS) is 25.2. The van der Waals surface area contributed by atoms with Crippen LogP contribution in [0.4, 0.5) is 0 Å². The van der Waals surface area contributed by atoms with Crippen LogP contribution in [0, 0.1) is 0 Å². The number of aryl methyl sites for hydroxylation is 1. The van der Waals surface area contributed by atoms with Crippen molar-refractivity contribution in [1.29, 1.82) is 0 Å². The average molecular weight is 399 g/mol. The maximum Gasteiger partial charge on any atom is 0.253 e. The largest absolute Gasteiger partial charge is 0.394 e. The lowest BCUT2D eigenvalue weighted by Crippen LogP contribution is -2.51. The molecule has 0 spiro atoms. The molecule has 0 aromatic carbocycles. The summed E-state index contributed by atoms with van der Waals surface area (Å²) in [6.45, 7) is 0.624. The number of pyridine rings is 1. The summed E-state index contributed by atoms with van der Waals surface area (Å²) in [5, 5.41) is 21.3. The molecule has 8 heteroatoms. The molecule has 2 N–H and O–H groups in total. The van der Waals surface area contributed by atoms with E-state index in [9.17, 15) is 9.90 Å². The molecule has 1 amide bonds. The summed E-state index contributed by atoms with van der Waals surface area (Å²) >= 11 is 0. The number of nitrogens with one attached hydrogen (secondary N) is 1. The number of ether oxygens (including phenoxy) is 1. The van der Waals surface area contributed by atoms with Gasteiger partial charge in [0.25, 0.3) is 5.91 Å². The molecule has 3 heterocycles. The molecule has 1 aliphatic carbocycles. The van der Waals surface area contributed by atoms with Crippen LogP contribution < -0.4 is 5.32 Å². The van der Waals surface area contributed by atoms with Gasteiger partial charge in [-0.25, -0.2) is 0 Å². The van der Waals surface area contributed by atoms with Gasteiger partial charge in [0.05, 0.1) is 30.0 Å². The second-order valence-electron chi connectivity index (χ2n) is 8.05. The van der Waals surface area contributed by atoms with Gasteiger partial charge in [0.1, 0.15) is 6.10 Å². The van der Waals surface area contributed by atoms with Crippen LogP contribution in [-0.4, -0.2) is 55.8 Å². The minimum Gasteiger partial charge on any atom is -0.394 e. The van der Waals surface area contributed by atoms with Gasteiger partial charge in [0, 0.05) is 31.1 Å². The molecule has 156 valence electrons. The highest BCUT2D eigenvalue weighted by molar-refractivity contribution is 5.94. The second kappa shape index (κ2) is 9.45. The molecule has 2 aromatic heterocycles. The Morgan fingerprint density at radius 2 is 2.14 bits per heavy atom. The van der Waals surface area contributed by atoms with Crippen molar-refractivity contribution in [2.75, 3.05) is 6.61 Å². The van der Waals surface area contributed by atoms with Crippen molar-refractivity contribution in [2.45, 2.75) is 75.7 Å². The van der Waals surface area contributed by atoms with Gasteiger partial charge in [-0.1, -0.05) is 18.1 Å². The van der Waals surface area contributed by atoms with Crippen molar-refractivity contribution in [3.05, 3.63) is 42.0 Å². The van der Waals surface area contributed by atoms with Crippen LogP contribution in [0.3, 0.4) is 0 Å². The number of nitrogens with zero attached hydrogens (tertiary/aromatic N) is 4. The maximum absolute atomic E-state index is 12.4. The molecule has 1 aliphatic heterocycles. The zero-order chi connectivity index (χ0) is 20.1. The van der Waals surface area contributed by atoms with Crippen molar-refractivity contribution >= 4 is 5.91 Å². The number of amides is 1. The lowest BCUT2D eigenvalue weighted by atomic mass is 9.97. The van der Waals surface area contributed by atoms with Crippen LogP contribution in [0.2, 0.25) is 0 Å². The number of hydrogen-bond donors (Lipinski definition) is 2. The number of aliphatic hydroxyl groups excluding tert-OH is 1. The van der Waals surface area contributed by atoms with Crippen molar-refractivity contribution < 1.29 is 14.6 Å². The van der Waals surface area contributed by atoms with Crippen molar-refractivity contribution in [2.24, 2.45) is 0 Å². The van der Waals surface area contributed by atoms with Crippen LogP contribution in [0.15, 0.2) is 30.7 Å². The summed E-state index contributed by atoms with van der Waals surface area (Å²) in [6, 6.07) is 3.25. The molecule has 1 saturated carbocycles. The summed E-state index contributed by atoms with van der Waals surface area (Å²) in [5.74, 6) is 0.378. The second-order valence-corrected chi connectivity index (χ2v) is 8.05. The monoisotopic (exact) mass is 399 g/mol. The predicted molar refractivity (Wildman–Crippen MR) is 106 cm³/mol. The lowest BCUT2D eigenvalue weighted by molar-refractivity contribution is -0.0912. The molecular weight excluding hydrogens is 370 g/mol. The molecule has 2 aromatic rings. The Kier molecular flexibility index (Phi) is 6.51. The third kappa shape index (κ3) is 5.00. The first kappa shape index (κ1) is 20.0. The molecule has 8 nitrogen and oxygen atoms in total. The molecule has 0 bridgehead atoms. The summed E-state index contributed by atoms with van der Waals surface area (Å²) in [7, 11) is 0. The lowest BCUT2D eigenvalue weighted by Gasteiger charge is -2.36. The van der Waals surface area contributed by atoms with E-state index in [2.05, 4.69) is 26.8 Å². The van der Waals surface area contributed by atoms with Crippen LogP contribution in [0.25, 0.3) is 0 Å². The highest BCUT2D eigenvalue weighted by atomic mass is 16.5. The number of hydrogen-bond acceptors (Lipinski definition) is 6. The van der Waals surface area contributed by atoms with Crippen LogP contribution in [0.1, 0.15) is 66.9 Å². The summed E-state index contributed by atoms with van der Waals surface area (Å²) < 4.78 is 7.98. The smallest absolute Gasteiger partial charge is 0.253 e. The first-order valence-electron chi connectivity index (χ1n) is 10.6. The summed E-state index contributed by atoms with van der Waals surface area (Å²) in [4.78, 5) is 16.3. The van der Waals surface area contributed by atoms with E-state index in [-0.39, 0.29) is 24.7 Å². The van der Waals surface area contributed by atoms with Gasteiger partial charge >= 0.3 is 0 Å². The fourth-order valence-electron chi connectivity index (χ4n) is 4.37. The molecule has 1 saturated heterocycles. The Hall–Kier alpha value is -2.32. The SMILES string of the molecule is O=C(N[C@@H]1CC[C@@H](CCn2cc(C3CCCC3)nn2)O[C@@H]1CO)c1cccnc1. The molecule has 0 radical (unpaired) electrons. The minimum atomic E-state index is -0.404. The highest BCUT2D eigenvalue weighted by Gasteiger charge is 2.32. The standard InChI is InChI=1S/C21H29N5O3/c27-14-20-18(23-21(28)16-6-3-10-22-12-16)8-7-17(29-20)9-11-26-13-19(24-25-26)15-4-1-2-5-15/h3,6,10,12-13,15,17-18,20,27H,1-2,4-5,7-9,11,14H2,(H,23,28)/t17-,18+,20+/m0/s1. The van der Waals surface area contributed by atoms with E-state index in [4.69, 9.17) is 4.74 Å². The van der Waals surface area contributed by atoms with Gasteiger partial charge in [-0.2, -0.15) is 0 Å². The Bertz CT molecular complexity index is 791. The van der Waals surface area contributed by atoms with Gasteiger partial charge in [-0.15, -0.1) is 5.10 Å². The van der Waals surface area contributed by atoms with E-state index in [0.717, 1.165) is 31.5 Å². The fourth-order valence-corrected chi connectivity index (χ4v) is 4.37. The van der Waals surface area contributed by atoms with Crippen LogP contribution in [-0.2, 0) is 11.3 Å². The topological polar surface area (TPSA) is 102 Å². The van der Waals surface area contributed by atoms with E-state index < -0.39 is 6.10 Å². The Morgan fingerprint density at radius 1 is 1.28 bits per heavy atom. The van der Waals surface area contributed by atoms with E-state index in [1.165, 1.54) is 31.9 Å². The highest BCUT2D eigenvalue weighted by Crippen LogP contribution is 2.32. The summed E-state index contributed by atoms with van der Waals surface area (Å²) in [6.07, 6.45) is 12.3. The van der Waals surface area contributed by atoms with Crippen LogP contribution in [0.5, 0.6) is 0 Å². The van der Waals surface area contributed by atoms with Gasteiger partial charge in [-0.05, 0) is 44.2 Å². The van der Waals surface area contributed by atoms with Gasteiger partial charge in [-0.3, -0.25) is 14.5 Å². The summed E-state index contributed by atoms with van der Waals surface area (Å²) in [5.41, 5.74) is 1.62. The van der Waals surface area contributed by atoms with E-state index in [0.29, 0.717) is 11.5 Å². The predicted octanol–water partition coefficient (Wildman–Crippen LogP) is 2.06. The zero-order valence-corrected chi connectivity index (χ0v) is 16.6. The molecule has 2 aliphatic rings. The molecule has 4 rings (SSSR count).